The molecule has 0 radical (unpaired) electrons. The van der Waals surface area contributed by atoms with Gasteiger partial charge in [-0.1, -0.05) is 24.3 Å². The lowest BCUT2D eigenvalue weighted by Crippen LogP contribution is -2.19. The Hall–Kier alpha value is -2.69. The number of para-hydroxylation sites is 1. The van der Waals surface area contributed by atoms with E-state index in [2.05, 4.69) is 10.3 Å². The van der Waals surface area contributed by atoms with Gasteiger partial charge in [0.1, 0.15) is 5.82 Å². The molecule has 0 aliphatic heterocycles. The number of aromatic nitrogens is 2. The first-order chi connectivity index (χ1) is 10.7. The summed E-state index contributed by atoms with van der Waals surface area (Å²) in [5.41, 5.74) is 1.50. The van der Waals surface area contributed by atoms with Crippen molar-refractivity contribution in [3.05, 3.63) is 70.3 Å². The Kier molecular flexibility index (Phi) is 3.87. The van der Waals surface area contributed by atoms with Gasteiger partial charge in [-0.2, -0.15) is 4.98 Å². The summed E-state index contributed by atoms with van der Waals surface area (Å²) in [6, 6.07) is 13.7. The molecule has 0 fully saturated rings. The molecule has 112 valence electrons. The molecule has 1 heterocycles. The third-order valence-electron chi connectivity index (χ3n) is 3.48. The molecular weight excluding hydrogens is 281 g/mol. The molecule has 0 bridgehead atoms. The maximum atomic E-state index is 13.1. The zero-order chi connectivity index (χ0) is 15.5. The normalized spacial score (nSPS) is 10.8. The predicted molar refractivity (Wildman–Crippen MR) is 85.7 cm³/mol. The topological polar surface area (TPSA) is 46.9 Å². The Bertz CT molecular complexity index is 856. The third kappa shape index (κ3) is 2.70. The standard InChI is InChI=1S/C17H16FN3O/c1-2-19-17-20-16(22)14-5-3-4-6-15(14)21(17)11-12-7-9-13(18)10-8-12/h3-10H,2,11H2,1H3,(H,19,20,22). The number of benzene rings is 2. The molecule has 0 amide bonds. The van der Waals surface area contributed by atoms with Crippen LogP contribution in [0.25, 0.3) is 10.9 Å². The molecule has 0 spiro atoms. The van der Waals surface area contributed by atoms with Gasteiger partial charge in [-0.15, -0.1) is 0 Å². The van der Waals surface area contributed by atoms with E-state index in [0.29, 0.717) is 24.4 Å². The largest absolute Gasteiger partial charge is 0.356 e. The van der Waals surface area contributed by atoms with Crippen LogP contribution in [0.3, 0.4) is 0 Å². The van der Waals surface area contributed by atoms with Crippen LogP contribution in [0.4, 0.5) is 10.3 Å². The number of hydrogen-bond donors (Lipinski definition) is 1. The lowest BCUT2D eigenvalue weighted by molar-refractivity contribution is 0.626. The summed E-state index contributed by atoms with van der Waals surface area (Å²) in [6.45, 7) is 3.12. The quantitative estimate of drug-likeness (QED) is 0.805. The third-order valence-corrected chi connectivity index (χ3v) is 3.48. The highest BCUT2D eigenvalue weighted by Gasteiger charge is 2.10. The minimum Gasteiger partial charge on any atom is -0.356 e. The molecule has 1 N–H and O–H groups in total. The van der Waals surface area contributed by atoms with Crippen molar-refractivity contribution in [2.24, 2.45) is 0 Å². The highest BCUT2D eigenvalue weighted by atomic mass is 19.1. The van der Waals surface area contributed by atoms with E-state index in [-0.39, 0.29) is 11.4 Å². The number of halogens is 1. The summed E-state index contributed by atoms with van der Waals surface area (Å²) >= 11 is 0. The molecule has 22 heavy (non-hydrogen) atoms. The van der Waals surface area contributed by atoms with Crippen LogP contribution >= 0.6 is 0 Å². The van der Waals surface area contributed by atoms with Crippen molar-refractivity contribution >= 4 is 16.9 Å². The van der Waals surface area contributed by atoms with Crippen LogP contribution in [-0.2, 0) is 6.54 Å². The summed E-state index contributed by atoms with van der Waals surface area (Å²) in [4.78, 5) is 16.2. The van der Waals surface area contributed by atoms with Crippen LogP contribution in [0.5, 0.6) is 0 Å². The van der Waals surface area contributed by atoms with Crippen molar-refractivity contribution in [3.63, 3.8) is 0 Å². The molecule has 5 heteroatoms. The molecule has 4 nitrogen and oxygen atoms in total. The molecular formula is C17H16FN3O. The fraction of sp³-hybridized carbons (Fsp3) is 0.176. The molecule has 0 aliphatic carbocycles. The van der Waals surface area contributed by atoms with Crippen LogP contribution in [0.2, 0.25) is 0 Å². The van der Waals surface area contributed by atoms with Gasteiger partial charge >= 0.3 is 0 Å². The van der Waals surface area contributed by atoms with Crippen LogP contribution in [0.1, 0.15) is 12.5 Å². The van der Waals surface area contributed by atoms with E-state index in [1.54, 1.807) is 18.2 Å². The maximum Gasteiger partial charge on any atom is 0.282 e. The number of fused-ring (bicyclic) bond motifs is 1. The van der Waals surface area contributed by atoms with E-state index in [9.17, 15) is 9.18 Å². The van der Waals surface area contributed by atoms with E-state index in [1.165, 1.54) is 12.1 Å². The van der Waals surface area contributed by atoms with E-state index >= 15 is 0 Å². The summed E-state index contributed by atoms with van der Waals surface area (Å²) in [5, 5.41) is 3.69. The molecule has 3 aromatic rings. The fourth-order valence-corrected chi connectivity index (χ4v) is 2.45. The van der Waals surface area contributed by atoms with Crippen LogP contribution in [-0.4, -0.2) is 16.1 Å². The van der Waals surface area contributed by atoms with Crippen LogP contribution in [0, 0.1) is 5.82 Å². The Morgan fingerprint density at radius 3 is 2.59 bits per heavy atom. The molecule has 3 rings (SSSR count). The van der Waals surface area contributed by atoms with Crippen molar-refractivity contribution in [1.29, 1.82) is 0 Å². The van der Waals surface area contributed by atoms with Crippen molar-refractivity contribution in [2.45, 2.75) is 13.5 Å². The summed E-state index contributed by atoms with van der Waals surface area (Å²) in [6.07, 6.45) is 0. The average Bonchev–Trinajstić information content (AvgIpc) is 2.53. The van der Waals surface area contributed by atoms with Gasteiger partial charge in [0.15, 0.2) is 0 Å². The number of hydrogen-bond acceptors (Lipinski definition) is 3. The lowest BCUT2D eigenvalue weighted by Gasteiger charge is -2.16. The summed E-state index contributed by atoms with van der Waals surface area (Å²) in [7, 11) is 0. The molecule has 0 atom stereocenters. The molecule has 0 saturated heterocycles. The van der Waals surface area contributed by atoms with Gasteiger partial charge in [0.05, 0.1) is 17.4 Å². The number of nitrogens with zero attached hydrogens (tertiary/aromatic N) is 2. The monoisotopic (exact) mass is 297 g/mol. The number of anilines is 1. The van der Waals surface area contributed by atoms with Gasteiger partial charge in [-0.25, -0.2) is 4.39 Å². The van der Waals surface area contributed by atoms with Gasteiger partial charge in [0.25, 0.3) is 5.56 Å². The Balaban J connectivity index is 2.16. The van der Waals surface area contributed by atoms with Gasteiger partial charge in [-0.3, -0.25) is 4.79 Å². The summed E-state index contributed by atoms with van der Waals surface area (Å²) in [5.74, 6) is 0.258. The average molecular weight is 297 g/mol. The SMILES string of the molecule is CCNc1nc(=O)c2ccccc2n1Cc1ccc(F)cc1. The molecule has 1 aromatic heterocycles. The van der Waals surface area contributed by atoms with Gasteiger partial charge in [0, 0.05) is 6.54 Å². The zero-order valence-corrected chi connectivity index (χ0v) is 12.2. The number of rotatable bonds is 4. The Morgan fingerprint density at radius 2 is 1.86 bits per heavy atom. The minimum absolute atomic E-state index is 0.248. The lowest BCUT2D eigenvalue weighted by atomic mass is 10.2. The van der Waals surface area contributed by atoms with Crippen molar-refractivity contribution in [3.8, 4) is 0 Å². The van der Waals surface area contributed by atoms with E-state index in [4.69, 9.17) is 0 Å². The first-order valence-corrected chi connectivity index (χ1v) is 7.17. The van der Waals surface area contributed by atoms with Crippen LogP contribution in [0.15, 0.2) is 53.3 Å². The second kappa shape index (κ2) is 5.97. The zero-order valence-electron chi connectivity index (χ0n) is 12.2. The highest BCUT2D eigenvalue weighted by Crippen LogP contribution is 2.17. The van der Waals surface area contributed by atoms with Gasteiger partial charge in [-0.05, 0) is 36.8 Å². The smallest absolute Gasteiger partial charge is 0.282 e. The van der Waals surface area contributed by atoms with Gasteiger partial charge < -0.3 is 9.88 Å². The molecule has 0 aliphatic rings. The Morgan fingerprint density at radius 1 is 1.14 bits per heavy atom. The van der Waals surface area contributed by atoms with Crippen molar-refractivity contribution < 1.29 is 4.39 Å². The molecule has 2 aromatic carbocycles. The Labute approximate surface area is 127 Å². The van der Waals surface area contributed by atoms with E-state index < -0.39 is 0 Å². The first kappa shape index (κ1) is 14.3. The highest BCUT2D eigenvalue weighted by molar-refractivity contribution is 5.79. The van der Waals surface area contributed by atoms with E-state index in [0.717, 1.165) is 11.1 Å². The first-order valence-electron chi connectivity index (χ1n) is 7.17. The maximum absolute atomic E-state index is 13.1. The second-order valence-electron chi connectivity index (χ2n) is 5.00. The number of nitrogens with one attached hydrogen (secondary N) is 1. The molecule has 0 unspecified atom stereocenters. The second-order valence-corrected chi connectivity index (χ2v) is 5.00. The van der Waals surface area contributed by atoms with Crippen LogP contribution < -0.4 is 10.9 Å². The van der Waals surface area contributed by atoms with E-state index in [1.807, 2.05) is 29.7 Å². The fourth-order valence-electron chi connectivity index (χ4n) is 2.45. The minimum atomic E-state index is -0.265. The van der Waals surface area contributed by atoms with Gasteiger partial charge in [0.2, 0.25) is 5.95 Å². The van der Waals surface area contributed by atoms with Crippen molar-refractivity contribution in [2.75, 3.05) is 11.9 Å². The summed E-state index contributed by atoms with van der Waals surface area (Å²) < 4.78 is 15.0. The van der Waals surface area contributed by atoms with Crippen molar-refractivity contribution in [1.82, 2.24) is 9.55 Å². The predicted octanol–water partition coefficient (Wildman–Crippen LogP) is 3.02. The molecule has 0 saturated carbocycles.